The highest BCUT2D eigenvalue weighted by molar-refractivity contribution is 6.00. The summed E-state index contributed by atoms with van der Waals surface area (Å²) in [5, 5.41) is 11.4. The molecule has 3 heterocycles. The molecule has 166 valence electrons. The molecule has 0 unspecified atom stereocenters. The number of carbonyl (C=O) groups is 2. The van der Waals surface area contributed by atoms with Crippen molar-refractivity contribution < 1.29 is 18.4 Å². The lowest BCUT2D eigenvalue weighted by Gasteiger charge is -2.19. The number of benzene rings is 1. The van der Waals surface area contributed by atoms with Gasteiger partial charge in [0.1, 0.15) is 29.8 Å². The summed E-state index contributed by atoms with van der Waals surface area (Å²) in [6.07, 6.45) is 3.94. The lowest BCUT2D eigenvalue weighted by Crippen LogP contribution is -2.47. The third-order valence-electron chi connectivity index (χ3n) is 5.69. The number of carbonyl (C=O) groups excluding carboxylic acids is 2. The summed E-state index contributed by atoms with van der Waals surface area (Å²) in [7, 11) is 1.67. The Balaban J connectivity index is 1.26. The van der Waals surface area contributed by atoms with Crippen molar-refractivity contribution in [2.75, 3.05) is 11.9 Å². The number of likely N-dealkylation sites (N-methyl/N-ethyl adjacent to an activating group) is 1. The second kappa shape index (κ2) is 7.81. The van der Waals surface area contributed by atoms with Crippen molar-refractivity contribution in [2.45, 2.75) is 44.3 Å². The number of aromatic nitrogens is 5. The molecule has 1 fully saturated rings. The van der Waals surface area contributed by atoms with Gasteiger partial charge in [-0.25, -0.2) is 23.1 Å². The van der Waals surface area contributed by atoms with Crippen molar-refractivity contribution in [3.63, 3.8) is 0 Å². The quantitative estimate of drug-likeness (QED) is 0.652. The maximum atomic E-state index is 13.4. The van der Waals surface area contributed by atoms with Gasteiger partial charge in [0.15, 0.2) is 0 Å². The summed E-state index contributed by atoms with van der Waals surface area (Å²) in [4.78, 5) is 31.1. The van der Waals surface area contributed by atoms with E-state index in [1.807, 2.05) is 10.7 Å². The van der Waals surface area contributed by atoms with E-state index in [9.17, 15) is 18.4 Å². The highest BCUT2D eigenvalue weighted by Gasteiger charge is 2.34. The van der Waals surface area contributed by atoms with Gasteiger partial charge in [0.05, 0.1) is 12.2 Å². The number of rotatable bonds is 5. The zero-order valence-corrected chi connectivity index (χ0v) is 17.3. The molecule has 1 N–H and O–H groups in total. The first-order valence-corrected chi connectivity index (χ1v) is 10.4. The molecule has 1 aromatic carbocycles. The fourth-order valence-corrected chi connectivity index (χ4v) is 3.88. The van der Waals surface area contributed by atoms with Crippen LogP contribution in [0, 0.1) is 11.6 Å². The van der Waals surface area contributed by atoms with Crippen LogP contribution in [0.2, 0.25) is 0 Å². The van der Waals surface area contributed by atoms with Crippen LogP contribution >= 0.6 is 0 Å². The first-order chi connectivity index (χ1) is 15.4. The van der Waals surface area contributed by atoms with Crippen LogP contribution in [0.5, 0.6) is 0 Å². The Hall–Kier alpha value is -3.63. The summed E-state index contributed by atoms with van der Waals surface area (Å²) in [5.41, 5.74) is 1.36. The van der Waals surface area contributed by atoms with E-state index in [1.54, 1.807) is 7.05 Å². The smallest absolute Gasteiger partial charge is 0.291 e. The Kier molecular flexibility index (Phi) is 4.95. The molecular weight excluding hydrogens is 420 g/mol. The number of halogens is 2. The van der Waals surface area contributed by atoms with Crippen LogP contribution in [-0.4, -0.2) is 49.4 Å². The topological polar surface area (TPSA) is 97.9 Å². The Labute approximate surface area is 182 Å². The summed E-state index contributed by atoms with van der Waals surface area (Å²) >= 11 is 0. The first-order valence-electron chi connectivity index (χ1n) is 10.4. The lowest BCUT2D eigenvalue weighted by atomic mass is 10.2. The second-order valence-electron chi connectivity index (χ2n) is 8.18. The molecule has 9 nitrogen and oxygen atoms in total. The van der Waals surface area contributed by atoms with Crippen LogP contribution in [0.15, 0.2) is 30.6 Å². The monoisotopic (exact) mass is 441 g/mol. The van der Waals surface area contributed by atoms with Gasteiger partial charge in [0, 0.05) is 31.6 Å². The van der Waals surface area contributed by atoms with Crippen LogP contribution in [0.4, 0.5) is 14.6 Å². The van der Waals surface area contributed by atoms with Crippen molar-refractivity contribution >= 4 is 17.6 Å². The van der Waals surface area contributed by atoms with Crippen LogP contribution < -0.4 is 10.2 Å². The molecule has 2 aliphatic rings. The molecule has 1 aliphatic heterocycles. The van der Waals surface area contributed by atoms with Gasteiger partial charge >= 0.3 is 0 Å². The van der Waals surface area contributed by atoms with E-state index in [1.165, 1.54) is 28.0 Å². The average molecular weight is 441 g/mol. The standard InChI is InChI=1S/C21H21F2N7O2/c1-28-18-9-17(13-2-3-13)26-30(18)5-4-16(21(28)32)25-20(31)19-24-11-29(27-19)10-12-6-14(22)8-15(23)7-12/h6-9,11,13,16H,2-5,10H2,1H3,(H,25,31)/t16-/m0/s1. The molecule has 0 saturated heterocycles. The Morgan fingerprint density at radius 3 is 2.59 bits per heavy atom. The molecule has 0 bridgehead atoms. The van der Waals surface area contributed by atoms with Crippen molar-refractivity contribution in [1.29, 1.82) is 0 Å². The van der Waals surface area contributed by atoms with Crippen LogP contribution in [0.3, 0.4) is 0 Å². The number of fused-ring (bicyclic) bond motifs is 1. The maximum absolute atomic E-state index is 13.4. The largest absolute Gasteiger partial charge is 0.337 e. The van der Waals surface area contributed by atoms with Gasteiger partial charge in [0.2, 0.25) is 5.82 Å². The predicted octanol–water partition coefficient (Wildman–Crippen LogP) is 1.84. The highest BCUT2D eigenvalue weighted by atomic mass is 19.1. The average Bonchev–Trinajstić information content (AvgIpc) is 3.36. The number of aryl methyl sites for hydroxylation is 1. The van der Waals surface area contributed by atoms with E-state index in [4.69, 9.17) is 0 Å². The molecule has 11 heteroatoms. The van der Waals surface area contributed by atoms with E-state index < -0.39 is 23.6 Å². The zero-order valence-electron chi connectivity index (χ0n) is 17.3. The summed E-state index contributed by atoms with van der Waals surface area (Å²) < 4.78 is 29.9. The van der Waals surface area contributed by atoms with Gasteiger partial charge in [-0.05, 0) is 37.0 Å². The Morgan fingerprint density at radius 2 is 1.88 bits per heavy atom. The minimum Gasteiger partial charge on any atom is -0.337 e. The number of nitrogens with zero attached hydrogens (tertiary/aromatic N) is 6. The minimum atomic E-state index is -0.747. The highest BCUT2D eigenvalue weighted by Crippen LogP contribution is 2.40. The van der Waals surface area contributed by atoms with Gasteiger partial charge in [-0.15, -0.1) is 5.10 Å². The minimum absolute atomic E-state index is 0.0461. The van der Waals surface area contributed by atoms with Gasteiger partial charge in [-0.1, -0.05) is 0 Å². The SMILES string of the molecule is CN1C(=O)[C@@H](NC(=O)c2ncn(Cc3cc(F)cc(F)c3)n2)CCn2nc(C3CC3)cc21. The zero-order chi connectivity index (χ0) is 22.4. The molecule has 0 spiro atoms. The van der Waals surface area contributed by atoms with Gasteiger partial charge < -0.3 is 5.32 Å². The second-order valence-corrected chi connectivity index (χ2v) is 8.18. The predicted molar refractivity (Wildman–Crippen MR) is 109 cm³/mol. The number of amides is 2. The van der Waals surface area contributed by atoms with E-state index in [0.29, 0.717) is 24.4 Å². The molecule has 32 heavy (non-hydrogen) atoms. The normalized spacial score (nSPS) is 18.4. The van der Waals surface area contributed by atoms with E-state index >= 15 is 0 Å². The molecule has 2 aromatic heterocycles. The molecular formula is C21H21F2N7O2. The van der Waals surface area contributed by atoms with Gasteiger partial charge in [-0.3, -0.25) is 14.5 Å². The van der Waals surface area contributed by atoms with Gasteiger partial charge in [0.25, 0.3) is 11.8 Å². The molecule has 5 rings (SSSR count). The molecule has 1 atom stereocenters. The fraction of sp³-hybridized carbons (Fsp3) is 0.381. The van der Waals surface area contributed by atoms with Crippen molar-refractivity contribution in [3.05, 3.63) is 59.3 Å². The number of nitrogens with one attached hydrogen (secondary N) is 1. The molecule has 1 saturated carbocycles. The Bertz CT molecular complexity index is 1180. The van der Waals surface area contributed by atoms with E-state index in [0.717, 1.165) is 30.4 Å². The maximum Gasteiger partial charge on any atom is 0.291 e. The van der Waals surface area contributed by atoms with Gasteiger partial charge in [-0.2, -0.15) is 5.10 Å². The fourth-order valence-electron chi connectivity index (χ4n) is 3.88. The van der Waals surface area contributed by atoms with Crippen molar-refractivity contribution in [3.8, 4) is 0 Å². The van der Waals surface area contributed by atoms with Crippen molar-refractivity contribution in [1.82, 2.24) is 29.9 Å². The van der Waals surface area contributed by atoms with Crippen LogP contribution in [-0.2, 0) is 17.9 Å². The molecule has 3 aromatic rings. The summed E-state index contributed by atoms with van der Waals surface area (Å²) in [6.45, 7) is 0.542. The van der Waals surface area contributed by atoms with Crippen LogP contribution in [0.25, 0.3) is 0 Å². The lowest BCUT2D eigenvalue weighted by molar-refractivity contribution is -0.120. The van der Waals surface area contributed by atoms with E-state index in [-0.39, 0.29) is 18.3 Å². The number of anilines is 1. The van der Waals surface area contributed by atoms with Crippen LogP contribution in [0.1, 0.15) is 47.1 Å². The van der Waals surface area contributed by atoms with Crippen molar-refractivity contribution in [2.24, 2.45) is 0 Å². The van der Waals surface area contributed by atoms with E-state index in [2.05, 4.69) is 20.5 Å². The molecule has 1 aliphatic carbocycles. The molecule has 0 radical (unpaired) electrons. The first kappa shape index (κ1) is 20.3. The summed E-state index contributed by atoms with van der Waals surface area (Å²) in [5.74, 6) is -1.16. The third-order valence-corrected chi connectivity index (χ3v) is 5.69. The molecule has 2 amide bonds. The number of hydrogen-bond acceptors (Lipinski definition) is 5. The Morgan fingerprint density at radius 1 is 1.12 bits per heavy atom. The number of hydrogen-bond donors (Lipinski definition) is 1. The third kappa shape index (κ3) is 3.97. The summed E-state index contributed by atoms with van der Waals surface area (Å²) in [6, 6.07) is 4.34.